The van der Waals surface area contributed by atoms with Crippen LogP contribution in [0.3, 0.4) is 0 Å². The van der Waals surface area contributed by atoms with Crippen molar-refractivity contribution in [2.45, 2.75) is 0 Å². The number of hydrogen-bond acceptors (Lipinski definition) is 3. The summed E-state index contributed by atoms with van der Waals surface area (Å²) in [6.45, 7) is 0. The second kappa shape index (κ2) is 5.35. The number of rotatable bonds is 3. The summed E-state index contributed by atoms with van der Waals surface area (Å²) in [5.74, 6) is 0.251. The summed E-state index contributed by atoms with van der Waals surface area (Å²) in [4.78, 5) is 11.5. The van der Waals surface area contributed by atoms with E-state index < -0.39 is 0 Å². The van der Waals surface area contributed by atoms with E-state index in [-0.39, 0.29) is 5.97 Å². The van der Waals surface area contributed by atoms with Gasteiger partial charge < -0.3 is 9.47 Å². The molecule has 0 saturated heterocycles. The lowest BCUT2D eigenvalue weighted by Crippen LogP contribution is -2.08. The molecule has 0 aliphatic rings. The maximum absolute atomic E-state index is 11.5. The van der Waals surface area contributed by atoms with E-state index >= 15 is 0 Å². The molecule has 0 aliphatic carbocycles. The highest BCUT2D eigenvalue weighted by Gasteiger charge is 2.13. The second-order valence-electron chi connectivity index (χ2n) is 2.57. The van der Waals surface area contributed by atoms with Gasteiger partial charge in [-0.25, -0.2) is 4.79 Å². The van der Waals surface area contributed by atoms with Crippen LogP contribution in [0.15, 0.2) is 18.2 Å². The van der Waals surface area contributed by atoms with Gasteiger partial charge in [0.1, 0.15) is 11.3 Å². The molecule has 5 heteroatoms. The Kier molecular flexibility index (Phi) is 4.40. The smallest absolute Gasteiger partial charge is 0.341 e. The third-order valence-corrected chi connectivity index (χ3v) is 2.62. The largest absolute Gasteiger partial charge is 0.496 e. The van der Waals surface area contributed by atoms with Crippen molar-refractivity contribution in [3.63, 3.8) is 0 Å². The second-order valence-corrected chi connectivity index (χ2v) is 4.39. The fourth-order valence-electron chi connectivity index (χ4n) is 1.05. The van der Waals surface area contributed by atoms with Crippen LogP contribution in [0, 0.1) is 3.57 Å². The summed E-state index contributed by atoms with van der Waals surface area (Å²) < 4.78 is 11.0. The highest BCUT2D eigenvalue weighted by Crippen LogP contribution is 2.21. The average molecular weight is 322 g/mol. The molecule has 0 aliphatic heterocycles. The van der Waals surface area contributed by atoms with Crippen LogP contribution in [0.1, 0.15) is 10.4 Å². The first-order valence-electron chi connectivity index (χ1n) is 4.19. The van der Waals surface area contributed by atoms with Crippen LogP contribution >= 0.6 is 22.6 Å². The zero-order valence-electron chi connectivity index (χ0n) is 8.04. The molecule has 0 aromatic heterocycles. The van der Waals surface area contributed by atoms with Gasteiger partial charge in [-0.2, -0.15) is 0 Å². The number of carbonyl (C=O) groups excluding carboxylic acids is 1. The van der Waals surface area contributed by atoms with Crippen LogP contribution in [0.2, 0.25) is 0 Å². The average Bonchev–Trinajstić information content (AvgIpc) is 2.18. The van der Waals surface area contributed by atoms with Crippen LogP contribution in [-0.2, 0) is 4.74 Å². The van der Waals surface area contributed by atoms with Gasteiger partial charge in [-0.3, -0.25) is 0 Å². The number of hydrogen-bond donors (Lipinski definition) is 0. The summed E-state index contributed by atoms with van der Waals surface area (Å²) in [6, 6.07) is 5.42. The van der Waals surface area contributed by atoms with Crippen LogP contribution < -0.4 is 4.74 Å². The van der Waals surface area contributed by atoms with Crippen molar-refractivity contribution >= 4 is 38.8 Å². The van der Waals surface area contributed by atoms with Crippen LogP contribution in [-0.4, -0.2) is 29.6 Å². The molecule has 0 heterocycles. The Hall–Kier alpha value is -0.563. The zero-order valence-corrected chi connectivity index (χ0v) is 12.2. The van der Waals surface area contributed by atoms with E-state index in [0.29, 0.717) is 17.5 Å². The van der Waals surface area contributed by atoms with E-state index in [4.69, 9.17) is 9.47 Å². The standard InChI is InChI=1S/C9H11IO3Si/c1-12-8-3-2-6(10)4-7(8)9(11)13-5-14/h2-4H,5H2,1,14H3. The number of halogens is 1. The molecule has 0 amide bonds. The Morgan fingerprint density at radius 1 is 1.57 bits per heavy atom. The Bertz CT molecular complexity index is 341. The zero-order chi connectivity index (χ0) is 10.6. The first-order valence-corrected chi connectivity index (χ1v) is 6.69. The lowest BCUT2D eigenvalue weighted by atomic mass is 10.2. The fraction of sp³-hybridized carbons (Fsp3) is 0.222. The lowest BCUT2D eigenvalue weighted by Gasteiger charge is -2.07. The van der Waals surface area contributed by atoms with Gasteiger partial charge in [0.05, 0.1) is 23.6 Å². The van der Waals surface area contributed by atoms with Crippen molar-refractivity contribution in [1.82, 2.24) is 0 Å². The maximum atomic E-state index is 11.5. The summed E-state index contributed by atoms with van der Waals surface area (Å²) >= 11 is 2.15. The molecule has 3 nitrogen and oxygen atoms in total. The highest BCUT2D eigenvalue weighted by molar-refractivity contribution is 14.1. The van der Waals surface area contributed by atoms with E-state index in [9.17, 15) is 4.79 Å². The van der Waals surface area contributed by atoms with Gasteiger partial charge in [0.2, 0.25) is 0 Å². The molecule has 0 N–H and O–H groups in total. The van der Waals surface area contributed by atoms with Crippen LogP contribution in [0.25, 0.3) is 0 Å². The third kappa shape index (κ3) is 2.71. The Labute approximate surface area is 99.3 Å². The maximum Gasteiger partial charge on any atom is 0.341 e. The normalized spacial score (nSPS) is 9.86. The summed E-state index contributed by atoms with van der Waals surface area (Å²) in [7, 11) is 2.39. The van der Waals surface area contributed by atoms with Gasteiger partial charge in [0.25, 0.3) is 0 Å². The Morgan fingerprint density at radius 3 is 2.86 bits per heavy atom. The Balaban J connectivity index is 3.03. The molecule has 1 aromatic carbocycles. The number of esters is 1. The van der Waals surface area contributed by atoms with E-state index in [1.54, 1.807) is 19.2 Å². The van der Waals surface area contributed by atoms with Crippen molar-refractivity contribution in [3.8, 4) is 5.75 Å². The van der Waals surface area contributed by atoms with E-state index in [1.807, 2.05) is 6.07 Å². The van der Waals surface area contributed by atoms with Crippen molar-refractivity contribution in [2.75, 3.05) is 13.3 Å². The minimum Gasteiger partial charge on any atom is -0.496 e. The lowest BCUT2D eigenvalue weighted by molar-refractivity contribution is 0.0570. The SMILES string of the molecule is COc1ccc(I)cc1C(=O)OC[SiH3]. The first kappa shape index (κ1) is 11.5. The van der Waals surface area contributed by atoms with Crippen molar-refractivity contribution < 1.29 is 14.3 Å². The molecule has 14 heavy (non-hydrogen) atoms. The van der Waals surface area contributed by atoms with Gasteiger partial charge in [0.15, 0.2) is 0 Å². The fourth-order valence-corrected chi connectivity index (χ4v) is 1.80. The molecule has 0 unspecified atom stereocenters. The number of ether oxygens (including phenoxy) is 2. The number of methoxy groups -OCH3 is 1. The monoisotopic (exact) mass is 322 g/mol. The van der Waals surface area contributed by atoms with Crippen molar-refractivity contribution in [2.24, 2.45) is 0 Å². The minimum atomic E-state index is -0.310. The molecule has 1 rings (SSSR count). The quantitative estimate of drug-likeness (QED) is 0.469. The van der Waals surface area contributed by atoms with Gasteiger partial charge in [0, 0.05) is 3.57 Å². The van der Waals surface area contributed by atoms with E-state index in [1.165, 1.54) is 0 Å². The molecule has 0 fully saturated rings. The van der Waals surface area contributed by atoms with E-state index in [2.05, 4.69) is 22.6 Å². The van der Waals surface area contributed by atoms with Crippen LogP contribution in [0.5, 0.6) is 5.75 Å². The molecule has 0 bridgehead atoms. The molecule has 76 valence electrons. The molecule has 0 spiro atoms. The first-order chi connectivity index (χ1) is 6.69. The number of benzene rings is 1. The van der Waals surface area contributed by atoms with Gasteiger partial charge in [-0.05, 0) is 40.8 Å². The minimum absolute atomic E-state index is 0.310. The van der Waals surface area contributed by atoms with Crippen LogP contribution in [0.4, 0.5) is 0 Å². The topological polar surface area (TPSA) is 35.5 Å². The number of carbonyl (C=O) groups is 1. The summed E-state index contributed by atoms with van der Waals surface area (Å²) in [6.07, 6.45) is 0.507. The predicted octanol–water partition coefficient (Wildman–Crippen LogP) is 0.779. The molecular formula is C9H11IO3Si. The van der Waals surface area contributed by atoms with Gasteiger partial charge >= 0.3 is 5.97 Å². The van der Waals surface area contributed by atoms with Gasteiger partial charge in [-0.15, -0.1) is 0 Å². The van der Waals surface area contributed by atoms with Gasteiger partial charge in [-0.1, -0.05) is 0 Å². The molecule has 0 radical (unpaired) electrons. The summed E-state index contributed by atoms with van der Waals surface area (Å²) in [5.41, 5.74) is 0.496. The Morgan fingerprint density at radius 2 is 2.29 bits per heavy atom. The summed E-state index contributed by atoms with van der Waals surface area (Å²) in [5, 5.41) is 0. The third-order valence-electron chi connectivity index (χ3n) is 1.66. The molecule has 0 saturated carbocycles. The predicted molar refractivity (Wildman–Crippen MR) is 65.9 cm³/mol. The van der Waals surface area contributed by atoms with Crippen molar-refractivity contribution in [3.05, 3.63) is 27.3 Å². The highest BCUT2D eigenvalue weighted by atomic mass is 127. The molecule has 1 aromatic rings. The molecular weight excluding hydrogens is 311 g/mol. The van der Waals surface area contributed by atoms with Crippen molar-refractivity contribution in [1.29, 1.82) is 0 Å². The van der Waals surface area contributed by atoms with E-state index in [0.717, 1.165) is 13.8 Å². The molecule has 0 atom stereocenters.